The van der Waals surface area contributed by atoms with E-state index in [9.17, 15) is 10.4 Å². The average Bonchev–Trinajstić information content (AvgIpc) is 2.75. The summed E-state index contributed by atoms with van der Waals surface area (Å²) in [5.74, 6) is -0.602. The number of aliphatic hydroxyl groups is 1. The summed E-state index contributed by atoms with van der Waals surface area (Å²) >= 11 is 0. The van der Waals surface area contributed by atoms with Gasteiger partial charge in [-0.05, 0) is 18.1 Å². The Kier molecular flexibility index (Phi) is 10.3. The van der Waals surface area contributed by atoms with Gasteiger partial charge in [0.1, 0.15) is 0 Å². The second kappa shape index (κ2) is 11.4. The Labute approximate surface area is 147 Å². The molecule has 0 spiro atoms. The number of rotatable bonds is 7. The van der Waals surface area contributed by atoms with Crippen molar-refractivity contribution in [2.24, 2.45) is 22.2 Å². The molecule has 0 heterocycles. The van der Waals surface area contributed by atoms with Crippen LogP contribution in [0.2, 0.25) is 0 Å². The van der Waals surface area contributed by atoms with Crippen LogP contribution in [-0.4, -0.2) is 17.4 Å². The van der Waals surface area contributed by atoms with E-state index in [1.165, 1.54) is 6.20 Å². The highest BCUT2D eigenvalue weighted by atomic mass is 16.3. The number of aliphatic imine (C=N–C) groups is 1. The van der Waals surface area contributed by atoms with E-state index in [-0.39, 0.29) is 17.9 Å². The lowest BCUT2D eigenvalue weighted by atomic mass is 9.80. The fourth-order valence-corrected chi connectivity index (χ4v) is 2.46. The molecular weight excluding hydrogens is 296 g/mol. The van der Waals surface area contributed by atoms with Crippen LogP contribution in [0.25, 0.3) is 0 Å². The van der Waals surface area contributed by atoms with Crippen LogP contribution in [0.4, 0.5) is 0 Å². The summed E-state index contributed by atoms with van der Waals surface area (Å²) in [7, 11) is 0. The van der Waals surface area contributed by atoms with Gasteiger partial charge in [0, 0.05) is 29.9 Å². The molecule has 0 saturated carbocycles. The van der Waals surface area contributed by atoms with E-state index in [0.717, 1.165) is 5.57 Å². The molecule has 2 unspecified atom stereocenters. The molecule has 0 saturated heterocycles. The van der Waals surface area contributed by atoms with Crippen molar-refractivity contribution >= 4 is 5.71 Å². The summed E-state index contributed by atoms with van der Waals surface area (Å²) in [5.41, 5.74) is 1.56. The molecule has 0 aromatic heterocycles. The molecule has 24 heavy (non-hydrogen) atoms. The van der Waals surface area contributed by atoms with E-state index in [1.54, 1.807) is 6.08 Å². The van der Waals surface area contributed by atoms with Crippen LogP contribution < -0.4 is 0 Å². The minimum atomic E-state index is -0.390. The second-order valence-corrected chi connectivity index (χ2v) is 5.85. The molecule has 0 aromatic carbocycles. The lowest BCUT2D eigenvalue weighted by Crippen LogP contribution is -2.24. The van der Waals surface area contributed by atoms with E-state index in [2.05, 4.69) is 50.2 Å². The van der Waals surface area contributed by atoms with E-state index in [4.69, 9.17) is 0 Å². The Hall–Kier alpha value is -2.18. The molecule has 0 aliphatic heterocycles. The fraction of sp³-hybridized carbons (Fsp3) is 0.429. The zero-order valence-electron chi connectivity index (χ0n) is 15.4. The van der Waals surface area contributed by atoms with Crippen molar-refractivity contribution in [1.29, 1.82) is 5.26 Å². The van der Waals surface area contributed by atoms with Crippen molar-refractivity contribution in [3.63, 3.8) is 0 Å². The average molecular weight is 326 g/mol. The third-order valence-corrected chi connectivity index (χ3v) is 3.69. The van der Waals surface area contributed by atoms with Crippen LogP contribution in [0.5, 0.6) is 0 Å². The third-order valence-electron chi connectivity index (χ3n) is 3.69. The molecule has 0 radical (unpaired) electrons. The van der Waals surface area contributed by atoms with Crippen LogP contribution in [0.1, 0.15) is 34.1 Å². The van der Waals surface area contributed by atoms with E-state index in [0.29, 0.717) is 12.1 Å². The van der Waals surface area contributed by atoms with Crippen LogP contribution in [0.3, 0.4) is 0 Å². The zero-order chi connectivity index (χ0) is 18.6. The number of allylic oxidation sites excluding steroid dienone is 7. The Balaban J connectivity index is 0.00000254. The van der Waals surface area contributed by atoms with Gasteiger partial charge in [0.25, 0.3) is 0 Å². The van der Waals surface area contributed by atoms with E-state index < -0.39 is 5.92 Å². The normalized spacial score (nSPS) is 18.2. The Morgan fingerprint density at radius 2 is 2.04 bits per heavy atom. The minimum absolute atomic E-state index is 0.00875. The van der Waals surface area contributed by atoms with Crippen LogP contribution in [-0.2, 0) is 0 Å². The summed E-state index contributed by atoms with van der Waals surface area (Å²) in [5, 5.41) is 19.0. The van der Waals surface area contributed by atoms with Crippen molar-refractivity contribution in [3.05, 3.63) is 61.4 Å². The zero-order valence-corrected chi connectivity index (χ0v) is 15.4. The molecule has 0 bridgehead atoms. The smallest absolute Gasteiger partial charge is 0.0797 e. The largest absolute Gasteiger partial charge is 0.396 e. The molecule has 1 N–H and O–H groups in total. The van der Waals surface area contributed by atoms with Crippen LogP contribution in [0.15, 0.2) is 66.4 Å². The van der Waals surface area contributed by atoms with Crippen molar-refractivity contribution in [3.8, 4) is 6.07 Å². The minimum Gasteiger partial charge on any atom is -0.396 e. The Morgan fingerprint density at radius 1 is 1.38 bits per heavy atom. The molecule has 1 aliphatic carbocycles. The van der Waals surface area contributed by atoms with Crippen LogP contribution >= 0.6 is 0 Å². The Bertz CT molecular complexity index is 571. The van der Waals surface area contributed by atoms with Crippen molar-refractivity contribution in [2.45, 2.75) is 34.1 Å². The number of hydrogen-bond donors (Lipinski definition) is 1. The molecule has 0 aromatic rings. The number of nitrogens with zero attached hydrogens (tertiary/aromatic N) is 2. The molecule has 3 heteroatoms. The summed E-state index contributed by atoms with van der Waals surface area (Å²) in [6, 6.07) is 2.36. The fourth-order valence-electron chi connectivity index (χ4n) is 2.46. The summed E-state index contributed by atoms with van der Waals surface area (Å²) in [6.45, 7) is 15.6. The van der Waals surface area contributed by atoms with Gasteiger partial charge in [-0.15, -0.1) is 0 Å². The van der Waals surface area contributed by atoms with Gasteiger partial charge in [-0.3, -0.25) is 4.99 Å². The molecule has 1 rings (SSSR count). The molecule has 0 fully saturated rings. The Morgan fingerprint density at radius 3 is 2.54 bits per heavy atom. The van der Waals surface area contributed by atoms with Crippen molar-refractivity contribution < 1.29 is 5.11 Å². The number of hydrogen-bond acceptors (Lipinski definition) is 3. The first kappa shape index (κ1) is 21.8. The summed E-state index contributed by atoms with van der Waals surface area (Å²) in [4.78, 5) is 4.21. The third kappa shape index (κ3) is 6.52. The molecule has 0 amide bonds. The highest BCUT2D eigenvalue weighted by Crippen LogP contribution is 2.30. The van der Waals surface area contributed by atoms with E-state index in [1.807, 2.05) is 32.1 Å². The second-order valence-electron chi connectivity index (χ2n) is 5.85. The van der Waals surface area contributed by atoms with Gasteiger partial charge in [0.2, 0.25) is 0 Å². The van der Waals surface area contributed by atoms with E-state index >= 15 is 0 Å². The van der Waals surface area contributed by atoms with Crippen molar-refractivity contribution in [1.82, 2.24) is 0 Å². The maximum Gasteiger partial charge on any atom is 0.0797 e. The van der Waals surface area contributed by atoms with Crippen LogP contribution in [0, 0.1) is 28.6 Å². The molecule has 130 valence electrons. The first-order chi connectivity index (χ1) is 11.5. The quantitative estimate of drug-likeness (QED) is 0.669. The standard InChI is InChI=1S/C19H24N2O.C2H6/c1-5-18(21-6-2)16(10-13-22)17(14-20)15-8-7-11-19(3,4)12-9-15;1-2/h5-9,11-12,16-17,22H,1-2,10,13H2,3-4H3;1-2H3. The lowest BCUT2D eigenvalue weighted by molar-refractivity contribution is 0.267. The predicted octanol–water partition coefficient (Wildman–Crippen LogP) is 5.00. The molecule has 2 atom stereocenters. The first-order valence-corrected chi connectivity index (χ1v) is 8.39. The summed E-state index contributed by atoms with van der Waals surface area (Å²) in [6.07, 6.45) is 13.6. The summed E-state index contributed by atoms with van der Waals surface area (Å²) < 4.78 is 0. The first-order valence-electron chi connectivity index (χ1n) is 8.39. The van der Waals surface area contributed by atoms with Crippen molar-refractivity contribution in [2.75, 3.05) is 6.61 Å². The monoisotopic (exact) mass is 326 g/mol. The number of aliphatic hydroxyl groups excluding tert-OH is 1. The van der Waals surface area contributed by atoms with Gasteiger partial charge in [-0.25, -0.2) is 0 Å². The molecule has 3 nitrogen and oxygen atoms in total. The highest BCUT2D eigenvalue weighted by Gasteiger charge is 2.27. The topological polar surface area (TPSA) is 56.4 Å². The lowest BCUT2D eigenvalue weighted by Gasteiger charge is -2.22. The van der Waals surface area contributed by atoms with Gasteiger partial charge < -0.3 is 5.11 Å². The predicted molar refractivity (Wildman–Crippen MR) is 104 cm³/mol. The van der Waals surface area contributed by atoms with Gasteiger partial charge in [0.15, 0.2) is 0 Å². The van der Waals surface area contributed by atoms with Gasteiger partial charge in [0.05, 0.1) is 12.0 Å². The van der Waals surface area contributed by atoms with Gasteiger partial charge in [-0.1, -0.05) is 71.2 Å². The number of nitriles is 1. The van der Waals surface area contributed by atoms with Gasteiger partial charge >= 0.3 is 0 Å². The highest BCUT2D eigenvalue weighted by molar-refractivity contribution is 5.97. The maximum absolute atomic E-state index is 9.66. The van der Waals surface area contributed by atoms with Gasteiger partial charge in [-0.2, -0.15) is 5.26 Å². The molecule has 1 aliphatic rings. The SMILES string of the molecule is C=CN=C(C=C)C(CCO)C(C#N)C1=CC=CC(C)(C)C=C1.CC. The maximum atomic E-state index is 9.66. The molecular formula is C21H30N2O.